The predicted molar refractivity (Wildman–Crippen MR) is 64.1 cm³/mol. The van der Waals surface area contributed by atoms with E-state index >= 15 is 0 Å². The molecule has 80 valence electrons. The fourth-order valence-corrected chi connectivity index (χ4v) is 2.46. The summed E-state index contributed by atoms with van der Waals surface area (Å²) in [5.74, 6) is 0. The van der Waals surface area contributed by atoms with Gasteiger partial charge in [-0.15, -0.1) is 0 Å². The number of nitrogens with two attached hydrogens (primary N) is 1. The van der Waals surface area contributed by atoms with Gasteiger partial charge in [0, 0.05) is 15.1 Å². The molecule has 1 atom stereocenters. The van der Waals surface area contributed by atoms with Crippen LogP contribution in [-0.2, 0) is 10.3 Å². The van der Waals surface area contributed by atoms with Gasteiger partial charge in [-0.2, -0.15) is 0 Å². The average molecular weight is 290 g/mol. The van der Waals surface area contributed by atoms with Crippen molar-refractivity contribution < 1.29 is 4.74 Å². The molecule has 0 radical (unpaired) electrons. The van der Waals surface area contributed by atoms with Crippen LogP contribution in [0.4, 0.5) is 0 Å². The first-order valence-corrected chi connectivity index (χ1v) is 5.62. The highest BCUT2D eigenvalue weighted by Gasteiger charge is 2.34. The molecule has 0 spiro atoms. The summed E-state index contributed by atoms with van der Waals surface area (Å²) in [6.07, 6.45) is 0. The summed E-state index contributed by atoms with van der Waals surface area (Å²) >= 11 is 9.51. The smallest absolute Gasteiger partial charge is 0.283 e. The van der Waals surface area contributed by atoms with E-state index in [9.17, 15) is 0 Å². The van der Waals surface area contributed by atoms with Crippen LogP contribution >= 0.6 is 27.5 Å². The Hall–Kier alpha value is -0.740. The quantitative estimate of drug-likeness (QED) is 0.864. The van der Waals surface area contributed by atoms with Gasteiger partial charge in [0.2, 0.25) is 0 Å². The highest BCUT2D eigenvalue weighted by molar-refractivity contribution is 9.10. The van der Waals surface area contributed by atoms with Crippen molar-refractivity contribution in [3.63, 3.8) is 0 Å². The third-order valence-corrected chi connectivity index (χ3v) is 3.18. The molecular formula is C10H10BrClN2O. The molecule has 0 saturated carbocycles. The van der Waals surface area contributed by atoms with Crippen LogP contribution in [0.1, 0.15) is 12.5 Å². The van der Waals surface area contributed by atoms with Gasteiger partial charge >= 0.3 is 0 Å². The number of amidine groups is 1. The van der Waals surface area contributed by atoms with Crippen LogP contribution in [0.2, 0.25) is 5.02 Å². The second-order valence-electron chi connectivity index (χ2n) is 3.64. The van der Waals surface area contributed by atoms with E-state index in [1.54, 1.807) is 0 Å². The van der Waals surface area contributed by atoms with Gasteiger partial charge in [-0.25, -0.2) is 4.99 Å². The summed E-state index contributed by atoms with van der Waals surface area (Å²) in [6.45, 7) is 2.38. The molecule has 0 aromatic heterocycles. The molecule has 0 fully saturated rings. The zero-order valence-corrected chi connectivity index (χ0v) is 10.5. The van der Waals surface area contributed by atoms with Gasteiger partial charge < -0.3 is 10.5 Å². The number of hydrogen-bond acceptors (Lipinski definition) is 3. The van der Waals surface area contributed by atoms with Gasteiger partial charge in [0.15, 0.2) is 0 Å². The van der Waals surface area contributed by atoms with Crippen molar-refractivity contribution in [2.45, 2.75) is 12.5 Å². The minimum atomic E-state index is -0.470. The van der Waals surface area contributed by atoms with E-state index in [0.29, 0.717) is 11.6 Å². The Balaban J connectivity index is 2.46. The van der Waals surface area contributed by atoms with E-state index in [1.807, 2.05) is 25.1 Å². The summed E-state index contributed by atoms with van der Waals surface area (Å²) in [4.78, 5) is 4.25. The lowest BCUT2D eigenvalue weighted by Crippen LogP contribution is -2.21. The lowest BCUT2D eigenvalue weighted by atomic mass is 9.94. The monoisotopic (exact) mass is 288 g/mol. The molecule has 1 heterocycles. The molecule has 0 aliphatic carbocycles. The van der Waals surface area contributed by atoms with Crippen LogP contribution in [0.3, 0.4) is 0 Å². The Morgan fingerprint density at radius 1 is 1.60 bits per heavy atom. The van der Waals surface area contributed by atoms with Crippen molar-refractivity contribution in [1.29, 1.82) is 0 Å². The Morgan fingerprint density at radius 3 is 2.87 bits per heavy atom. The summed E-state index contributed by atoms with van der Waals surface area (Å²) < 4.78 is 6.11. The molecule has 2 rings (SSSR count). The molecule has 0 amide bonds. The molecule has 1 unspecified atom stereocenters. The second kappa shape index (κ2) is 3.68. The highest BCUT2D eigenvalue weighted by Crippen LogP contribution is 2.35. The number of halogens is 2. The molecule has 2 N–H and O–H groups in total. The molecule has 0 saturated heterocycles. The third-order valence-electron chi connectivity index (χ3n) is 2.37. The maximum Gasteiger partial charge on any atom is 0.283 e. The van der Waals surface area contributed by atoms with Crippen LogP contribution in [0, 0.1) is 0 Å². The van der Waals surface area contributed by atoms with Gasteiger partial charge in [-0.05, 0) is 19.1 Å². The SMILES string of the molecule is CC1(c2ccc(Br)cc2Cl)COC(N)=N1. The second-order valence-corrected chi connectivity index (χ2v) is 4.96. The number of benzene rings is 1. The molecule has 15 heavy (non-hydrogen) atoms. The lowest BCUT2D eigenvalue weighted by Gasteiger charge is -2.20. The van der Waals surface area contributed by atoms with Gasteiger partial charge in [0.25, 0.3) is 6.02 Å². The van der Waals surface area contributed by atoms with Gasteiger partial charge in [-0.1, -0.05) is 33.6 Å². The Morgan fingerprint density at radius 2 is 2.33 bits per heavy atom. The van der Waals surface area contributed by atoms with E-state index in [4.69, 9.17) is 22.1 Å². The first-order valence-electron chi connectivity index (χ1n) is 4.45. The largest absolute Gasteiger partial charge is 0.462 e. The average Bonchev–Trinajstić information content (AvgIpc) is 2.46. The number of aliphatic imine (C=N–C) groups is 1. The van der Waals surface area contributed by atoms with Crippen LogP contribution in [0.5, 0.6) is 0 Å². The van der Waals surface area contributed by atoms with Crippen molar-refractivity contribution in [1.82, 2.24) is 0 Å². The Bertz CT molecular complexity index is 435. The molecular weight excluding hydrogens is 279 g/mol. The number of rotatable bonds is 1. The number of ether oxygens (including phenoxy) is 1. The topological polar surface area (TPSA) is 47.6 Å². The molecule has 1 aromatic rings. The summed E-state index contributed by atoms with van der Waals surface area (Å²) in [6, 6.07) is 5.91. The van der Waals surface area contributed by atoms with E-state index in [1.165, 1.54) is 0 Å². The molecule has 1 aliphatic rings. The van der Waals surface area contributed by atoms with Crippen LogP contribution in [0.25, 0.3) is 0 Å². The number of nitrogens with zero attached hydrogens (tertiary/aromatic N) is 1. The van der Waals surface area contributed by atoms with Gasteiger partial charge in [0.05, 0.1) is 0 Å². The van der Waals surface area contributed by atoms with Crippen LogP contribution in [0.15, 0.2) is 27.7 Å². The summed E-state index contributed by atoms with van der Waals surface area (Å²) in [5.41, 5.74) is 5.96. The van der Waals surface area contributed by atoms with Crippen molar-refractivity contribution in [3.8, 4) is 0 Å². The van der Waals surface area contributed by atoms with Gasteiger partial charge in [0.1, 0.15) is 12.1 Å². The molecule has 0 bridgehead atoms. The highest BCUT2D eigenvalue weighted by atomic mass is 79.9. The molecule has 1 aromatic carbocycles. The molecule has 5 heteroatoms. The maximum atomic E-state index is 6.15. The van der Waals surface area contributed by atoms with Crippen LogP contribution < -0.4 is 5.73 Å². The Labute approximate surface area is 101 Å². The fourth-order valence-electron chi connectivity index (χ4n) is 1.59. The minimum absolute atomic E-state index is 0.219. The van der Waals surface area contributed by atoms with Crippen molar-refractivity contribution in [2.75, 3.05) is 6.61 Å². The summed E-state index contributed by atoms with van der Waals surface area (Å²) in [7, 11) is 0. The first kappa shape index (κ1) is 10.8. The van der Waals surface area contributed by atoms with Crippen molar-refractivity contribution in [3.05, 3.63) is 33.3 Å². The number of hydrogen-bond donors (Lipinski definition) is 1. The first-order chi connectivity index (χ1) is 7.01. The van der Waals surface area contributed by atoms with E-state index < -0.39 is 5.54 Å². The standard InChI is InChI=1S/C10H10BrClN2O/c1-10(5-15-9(13)14-10)7-3-2-6(11)4-8(7)12/h2-4H,5H2,1H3,(H2,13,14). The van der Waals surface area contributed by atoms with Crippen molar-refractivity contribution >= 4 is 33.6 Å². The van der Waals surface area contributed by atoms with E-state index in [-0.39, 0.29) is 6.02 Å². The normalized spacial score (nSPS) is 24.9. The minimum Gasteiger partial charge on any atom is -0.462 e. The predicted octanol–water partition coefficient (Wildman–Crippen LogP) is 2.66. The van der Waals surface area contributed by atoms with E-state index in [0.717, 1.165) is 10.0 Å². The van der Waals surface area contributed by atoms with Gasteiger partial charge in [-0.3, -0.25) is 0 Å². The van der Waals surface area contributed by atoms with Crippen LogP contribution in [-0.4, -0.2) is 12.6 Å². The zero-order chi connectivity index (χ0) is 11.1. The maximum absolute atomic E-state index is 6.15. The summed E-state index contributed by atoms with van der Waals surface area (Å²) in [5, 5.41) is 0.661. The zero-order valence-electron chi connectivity index (χ0n) is 8.13. The van der Waals surface area contributed by atoms with Crippen molar-refractivity contribution in [2.24, 2.45) is 10.7 Å². The lowest BCUT2D eigenvalue weighted by molar-refractivity contribution is 0.266. The Kier molecular flexibility index (Phi) is 2.64. The fraction of sp³-hybridized carbons (Fsp3) is 0.300. The molecule has 1 aliphatic heterocycles. The molecule has 3 nitrogen and oxygen atoms in total. The van der Waals surface area contributed by atoms with E-state index in [2.05, 4.69) is 20.9 Å². The third kappa shape index (κ3) is 1.96.